The van der Waals surface area contributed by atoms with Crippen molar-refractivity contribution in [3.8, 4) is 0 Å². The standard InChI is InChI=1S/C19H23NO2S/c1-4-5-18(17-10-6-15(2)7-11-17)14-20-23(21,22)19-12-8-16(3)9-13-19/h4,6-13,18,20H,1,5,14H2,2-3H3. The highest BCUT2D eigenvalue weighted by atomic mass is 32.2. The average Bonchev–Trinajstić information content (AvgIpc) is 2.53. The van der Waals surface area contributed by atoms with Crippen LogP contribution in [0.2, 0.25) is 0 Å². The number of sulfonamides is 1. The summed E-state index contributed by atoms with van der Waals surface area (Å²) in [6.07, 6.45) is 2.55. The number of hydrogen-bond acceptors (Lipinski definition) is 2. The van der Waals surface area contributed by atoms with Gasteiger partial charge >= 0.3 is 0 Å². The molecule has 0 saturated carbocycles. The lowest BCUT2D eigenvalue weighted by molar-refractivity contribution is 0.570. The monoisotopic (exact) mass is 329 g/mol. The number of allylic oxidation sites excluding steroid dienone is 1. The molecular formula is C19H23NO2S. The Morgan fingerprint density at radius 1 is 1.00 bits per heavy atom. The summed E-state index contributed by atoms with van der Waals surface area (Å²) < 4.78 is 27.5. The average molecular weight is 329 g/mol. The van der Waals surface area contributed by atoms with Gasteiger partial charge in [0, 0.05) is 12.5 Å². The van der Waals surface area contributed by atoms with Crippen molar-refractivity contribution in [1.29, 1.82) is 0 Å². The van der Waals surface area contributed by atoms with Crippen LogP contribution in [0.15, 0.2) is 66.1 Å². The summed E-state index contributed by atoms with van der Waals surface area (Å²) in [6, 6.07) is 15.0. The van der Waals surface area contributed by atoms with Gasteiger partial charge in [-0.1, -0.05) is 53.6 Å². The highest BCUT2D eigenvalue weighted by molar-refractivity contribution is 7.89. The first-order valence-corrected chi connectivity index (χ1v) is 9.14. The molecule has 0 fully saturated rings. The molecular weight excluding hydrogens is 306 g/mol. The summed E-state index contributed by atoms with van der Waals surface area (Å²) in [5.74, 6) is 0.0772. The van der Waals surface area contributed by atoms with E-state index in [4.69, 9.17) is 0 Å². The lowest BCUT2D eigenvalue weighted by atomic mass is 9.95. The van der Waals surface area contributed by atoms with Crippen LogP contribution in [-0.2, 0) is 10.0 Å². The van der Waals surface area contributed by atoms with E-state index in [1.54, 1.807) is 24.3 Å². The second kappa shape index (κ2) is 7.57. The van der Waals surface area contributed by atoms with E-state index in [0.29, 0.717) is 11.4 Å². The topological polar surface area (TPSA) is 46.2 Å². The van der Waals surface area contributed by atoms with Gasteiger partial charge in [0.15, 0.2) is 0 Å². The van der Waals surface area contributed by atoms with Gasteiger partial charge < -0.3 is 0 Å². The summed E-state index contributed by atoms with van der Waals surface area (Å²) in [5, 5.41) is 0. The molecule has 1 atom stereocenters. The normalized spacial score (nSPS) is 12.8. The molecule has 0 saturated heterocycles. The molecule has 0 aliphatic carbocycles. The maximum Gasteiger partial charge on any atom is 0.240 e. The SMILES string of the molecule is C=CCC(CNS(=O)(=O)c1ccc(C)cc1)c1ccc(C)cc1. The predicted octanol–water partition coefficient (Wildman–Crippen LogP) is 3.94. The van der Waals surface area contributed by atoms with Gasteiger partial charge in [0.1, 0.15) is 0 Å². The first-order valence-electron chi connectivity index (χ1n) is 7.66. The van der Waals surface area contributed by atoms with Crippen molar-refractivity contribution in [3.05, 3.63) is 77.9 Å². The number of rotatable bonds is 7. The van der Waals surface area contributed by atoms with E-state index in [2.05, 4.69) is 11.3 Å². The minimum atomic E-state index is -3.49. The van der Waals surface area contributed by atoms with E-state index < -0.39 is 10.0 Å². The van der Waals surface area contributed by atoms with E-state index >= 15 is 0 Å². The number of hydrogen-bond donors (Lipinski definition) is 1. The van der Waals surface area contributed by atoms with Crippen LogP contribution in [0.25, 0.3) is 0 Å². The lowest BCUT2D eigenvalue weighted by Crippen LogP contribution is -2.28. The van der Waals surface area contributed by atoms with Gasteiger partial charge in [-0.2, -0.15) is 0 Å². The Kier molecular flexibility index (Phi) is 5.74. The van der Waals surface area contributed by atoms with Gasteiger partial charge in [-0.25, -0.2) is 13.1 Å². The fourth-order valence-electron chi connectivity index (χ4n) is 2.39. The van der Waals surface area contributed by atoms with Gasteiger partial charge in [-0.15, -0.1) is 6.58 Å². The van der Waals surface area contributed by atoms with Crippen LogP contribution >= 0.6 is 0 Å². The van der Waals surface area contributed by atoms with Crippen molar-refractivity contribution in [1.82, 2.24) is 4.72 Å². The second-order valence-corrected chi connectivity index (χ2v) is 7.56. The Morgan fingerprint density at radius 2 is 1.52 bits per heavy atom. The molecule has 1 unspecified atom stereocenters. The van der Waals surface area contributed by atoms with Crippen LogP contribution in [0, 0.1) is 13.8 Å². The van der Waals surface area contributed by atoms with Crippen molar-refractivity contribution in [2.45, 2.75) is 31.1 Å². The quantitative estimate of drug-likeness (QED) is 0.782. The van der Waals surface area contributed by atoms with E-state index in [9.17, 15) is 8.42 Å². The number of nitrogens with one attached hydrogen (secondary N) is 1. The van der Waals surface area contributed by atoms with Crippen molar-refractivity contribution >= 4 is 10.0 Å². The third-order valence-corrected chi connectivity index (χ3v) is 5.29. The van der Waals surface area contributed by atoms with Gasteiger partial charge in [0.25, 0.3) is 0 Å². The Morgan fingerprint density at radius 3 is 2.04 bits per heavy atom. The van der Waals surface area contributed by atoms with Crippen molar-refractivity contribution in [2.24, 2.45) is 0 Å². The van der Waals surface area contributed by atoms with Crippen LogP contribution in [0.3, 0.4) is 0 Å². The molecule has 0 aliphatic rings. The van der Waals surface area contributed by atoms with Crippen LogP contribution in [0.1, 0.15) is 29.0 Å². The maximum atomic E-state index is 12.4. The summed E-state index contributed by atoms with van der Waals surface area (Å²) in [5.41, 5.74) is 3.33. The molecule has 2 aromatic rings. The highest BCUT2D eigenvalue weighted by Gasteiger charge is 2.17. The van der Waals surface area contributed by atoms with Gasteiger partial charge in [-0.3, -0.25) is 0 Å². The van der Waals surface area contributed by atoms with E-state index in [1.807, 2.05) is 44.2 Å². The molecule has 0 radical (unpaired) electrons. The fourth-order valence-corrected chi connectivity index (χ4v) is 3.47. The lowest BCUT2D eigenvalue weighted by Gasteiger charge is -2.17. The van der Waals surface area contributed by atoms with Gasteiger partial charge in [0.05, 0.1) is 4.90 Å². The Hall–Kier alpha value is -1.91. The molecule has 3 nitrogen and oxygen atoms in total. The molecule has 2 rings (SSSR count). The minimum Gasteiger partial charge on any atom is -0.211 e. The zero-order valence-electron chi connectivity index (χ0n) is 13.6. The van der Waals surface area contributed by atoms with E-state index in [0.717, 1.165) is 17.5 Å². The molecule has 0 heterocycles. The molecule has 0 aliphatic heterocycles. The zero-order valence-corrected chi connectivity index (χ0v) is 14.4. The van der Waals surface area contributed by atoms with Gasteiger partial charge in [0.2, 0.25) is 10.0 Å². The van der Waals surface area contributed by atoms with E-state index in [-0.39, 0.29) is 5.92 Å². The summed E-state index contributed by atoms with van der Waals surface area (Å²) in [4.78, 5) is 0.296. The van der Waals surface area contributed by atoms with Crippen LogP contribution in [-0.4, -0.2) is 15.0 Å². The molecule has 0 bridgehead atoms. The molecule has 122 valence electrons. The zero-order chi connectivity index (χ0) is 16.9. The molecule has 1 N–H and O–H groups in total. The van der Waals surface area contributed by atoms with Crippen molar-refractivity contribution in [2.75, 3.05) is 6.54 Å². The predicted molar refractivity (Wildman–Crippen MR) is 95.1 cm³/mol. The van der Waals surface area contributed by atoms with Gasteiger partial charge in [-0.05, 0) is 38.0 Å². The van der Waals surface area contributed by atoms with Crippen molar-refractivity contribution < 1.29 is 8.42 Å². The molecule has 23 heavy (non-hydrogen) atoms. The first kappa shape index (κ1) is 17.4. The summed E-state index contributed by atoms with van der Waals surface area (Å²) in [7, 11) is -3.49. The molecule has 4 heteroatoms. The third kappa shape index (κ3) is 4.78. The van der Waals surface area contributed by atoms with E-state index in [1.165, 1.54) is 5.56 Å². The molecule has 0 spiro atoms. The Labute approximate surface area is 139 Å². The van der Waals surface area contributed by atoms with Crippen LogP contribution < -0.4 is 4.72 Å². The van der Waals surface area contributed by atoms with Crippen LogP contribution in [0.5, 0.6) is 0 Å². The summed E-state index contributed by atoms with van der Waals surface area (Å²) in [6.45, 7) is 8.10. The molecule has 0 amide bonds. The Bertz CT molecular complexity index is 747. The molecule has 0 aromatic heterocycles. The number of benzene rings is 2. The van der Waals surface area contributed by atoms with Crippen molar-refractivity contribution in [3.63, 3.8) is 0 Å². The first-order chi connectivity index (χ1) is 10.9. The van der Waals surface area contributed by atoms with Crippen LogP contribution in [0.4, 0.5) is 0 Å². The Balaban J connectivity index is 2.13. The largest absolute Gasteiger partial charge is 0.240 e. The third-order valence-electron chi connectivity index (χ3n) is 3.85. The highest BCUT2D eigenvalue weighted by Crippen LogP contribution is 2.21. The number of aryl methyl sites for hydroxylation is 2. The second-order valence-electron chi connectivity index (χ2n) is 5.80. The minimum absolute atomic E-state index is 0.0772. The smallest absolute Gasteiger partial charge is 0.211 e. The molecule has 2 aromatic carbocycles. The maximum absolute atomic E-state index is 12.4. The summed E-state index contributed by atoms with van der Waals surface area (Å²) >= 11 is 0. The fraction of sp³-hybridized carbons (Fsp3) is 0.263.